The fourth-order valence-electron chi connectivity index (χ4n) is 1.77. The standard InChI is InChI=1S/C13H7F3S2.CHF3O3S/c14-13(15,16)8-4-3-7-11-12(8)18-10-6-2-1-5-9(10)17-11;2-1(3,4)8(5,6)7/h1-7H;(H,5,6,7). The zero-order chi connectivity index (χ0) is 19.8. The topological polar surface area (TPSA) is 54.4 Å². The smallest absolute Gasteiger partial charge is 0.279 e. The van der Waals surface area contributed by atoms with Gasteiger partial charge in [0.2, 0.25) is 0 Å². The van der Waals surface area contributed by atoms with Gasteiger partial charge in [-0.3, -0.25) is 4.55 Å². The molecule has 142 valence electrons. The number of halogens is 6. The molecular formula is C14H8F6O3S3. The summed E-state index contributed by atoms with van der Waals surface area (Å²) in [5.41, 5.74) is -6.08. The van der Waals surface area contributed by atoms with Gasteiger partial charge in [0.05, 0.1) is 5.56 Å². The Morgan fingerprint density at radius 2 is 1.23 bits per heavy atom. The predicted octanol–water partition coefficient (Wildman–Crippen LogP) is 5.72. The van der Waals surface area contributed by atoms with Crippen molar-refractivity contribution in [3.05, 3.63) is 48.0 Å². The first-order valence-corrected chi connectivity index (χ1v) is 9.56. The number of hydrogen-bond acceptors (Lipinski definition) is 4. The van der Waals surface area contributed by atoms with Crippen LogP contribution in [0.5, 0.6) is 0 Å². The van der Waals surface area contributed by atoms with Gasteiger partial charge in [-0.2, -0.15) is 34.8 Å². The maximum absolute atomic E-state index is 12.9. The van der Waals surface area contributed by atoms with Crippen LogP contribution < -0.4 is 0 Å². The van der Waals surface area contributed by atoms with E-state index in [0.717, 1.165) is 15.9 Å². The van der Waals surface area contributed by atoms with Gasteiger partial charge in [-0.15, -0.1) is 0 Å². The van der Waals surface area contributed by atoms with Crippen molar-refractivity contribution in [2.24, 2.45) is 0 Å². The fourth-order valence-corrected chi connectivity index (χ4v) is 4.17. The highest BCUT2D eigenvalue weighted by molar-refractivity contribution is 8.05. The lowest BCUT2D eigenvalue weighted by atomic mass is 10.2. The van der Waals surface area contributed by atoms with Gasteiger partial charge in [-0.1, -0.05) is 41.7 Å². The largest absolute Gasteiger partial charge is 0.522 e. The van der Waals surface area contributed by atoms with Gasteiger partial charge < -0.3 is 0 Å². The van der Waals surface area contributed by atoms with Crippen LogP contribution in [0.3, 0.4) is 0 Å². The number of alkyl halides is 6. The molecule has 0 unspecified atom stereocenters. The minimum atomic E-state index is -5.84. The second-order valence-electron chi connectivity index (χ2n) is 4.70. The summed E-state index contributed by atoms with van der Waals surface area (Å²) in [6.07, 6.45) is -4.30. The van der Waals surface area contributed by atoms with Gasteiger partial charge >= 0.3 is 21.8 Å². The summed E-state index contributed by atoms with van der Waals surface area (Å²) in [6.45, 7) is 0. The third kappa shape index (κ3) is 4.87. The van der Waals surface area contributed by atoms with Crippen LogP contribution in [-0.2, 0) is 16.3 Å². The molecule has 1 aliphatic rings. The molecule has 0 aromatic heterocycles. The highest BCUT2D eigenvalue weighted by atomic mass is 32.2. The van der Waals surface area contributed by atoms with E-state index in [0.29, 0.717) is 9.79 Å². The molecule has 2 aromatic carbocycles. The summed E-state index contributed by atoms with van der Waals surface area (Å²) >= 11 is 2.59. The van der Waals surface area contributed by atoms with Gasteiger partial charge in [0.15, 0.2) is 0 Å². The van der Waals surface area contributed by atoms with Gasteiger partial charge in [-0.25, -0.2) is 0 Å². The van der Waals surface area contributed by atoms with Crippen LogP contribution in [-0.4, -0.2) is 18.5 Å². The van der Waals surface area contributed by atoms with Crippen LogP contribution in [0.25, 0.3) is 0 Å². The van der Waals surface area contributed by atoms with E-state index in [9.17, 15) is 26.3 Å². The molecule has 0 saturated carbocycles. The van der Waals surface area contributed by atoms with E-state index in [4.69, 9.17) is 13.0 Å². The molecule has 1 heterocycles. The van der Waals surface area contributed by atoms with Crippen molar-refractivity contribution in [3.8, 4) is 0 Å². The van der Waals surface area contributed by atoms with Crippen molar-refractivity contribution in [2.75, 3.05) is 0 Å². The Bertz CT molecular complexity index is 907. The van der Waals surface area contributed by atoms with Gasteiger partial charge in [-0.05, 0) is 24.3 Å². The van der Waals surface area contributed by atoms with Crippen LogP contribution in [0.4, 0.5) is 26.3 Å². The number of hydrogen-bond donors (Lipinski definition) is 1. The SMILES string of the molecule is FC(F)(F)c1cccc2c1Sc1ccccc1S2.O=S(=O)(O)C(F)(F)F. The van der Waals surface area contributed by atoms with Crippen molar-refractivity contribution in [1.82, 2.24) is 0 Å². The Kier molecular flexibility index (Phi) is 5.90. The molecule has 0 radical (unpaired) electrons. The lowest BCUT2D eigenvalue weighted by molar-refractivity contribution is -0.140. The van der Waals surface area contributed by atoms with Gasteiger partial charge in [0.1, 0.15) is 0 Å². The van der Waals surface area contributed by atoms with E-state index >= 15 is 0 Å². The summed E-state index contributed by atoms with van der Waals surface area (Å²) in [5.74, 6) is 0. The lowest BCUT2D eigenvalue weighted by Gasteiger charge is -2.21. The zero-order valence-corrected chi connectivity index (χ0v) is 14.7. The highest BCUT2D eigenvalue weighted by Gasteiger charge is 2.44. The normalized spacial score (nSPS) is 14.0. The Labute approximate surface area is 152 Å². The molecule has 0 bridgehead atoms. The molecular weight excluding hydrogens is 426 g/mol. The number of rotatable bonds is 0. The first-order chi connectivity index (χ1) is 11.8. The summed E-state index contributed by atoms with van der Waals surface area (Å²) in [4.78, 5) is 2.88. The first kappa shape index (κ1) is 20.9. The van der Waals surface area contributed by atoms with Crippen LogP contribution >= 0.6 is 23.5 Å². The minimum absolute atomic E-state index is 0.314. The van der Waals surface area contributed by atoms with Gasteiger partial charge in [0, 0.05) is 19.6 Å². The predicted molar refractivity (Wildman–Crippen MR) is 83.7 cm³/mol. The van der Waals surface area contributed by atoms with E-state index in [1.165, 1.54) is 29.6 Å². The molecule has 3 rings (SSSR count). The molecule has 0 fully saturated rings. The van der Waals surface area contributed by atoms with Crippen molar-refractivity contribution >= 4 is 33.6 Å². The second kappa shape index (κ2) is 7.33. The summed E-state index contributed by atoms with van der Waals surface area (Å²) < 4.78 is 96.3. The molecule has 0 atom stereocenters. The van der Waals surface area contributed by atoms with Crippen LogP contribution in [0.2, 0.25) is 0 Å². The van der Waals surface area contributed by atoms with E-state index in [1.807, 2.05) is 24.3 Å². The van der Waals surface area contributed by atoms with Crippen molar-refractivity contribution in [2.45, 2.75) is 31.3 Å². The van der Waals surface area contributed by atoms with Crippen LogP contribution in [0, 0.1) is 0 Å². The van der Waals surface area contributed by atoms with Gasteiger partial charge in [0.25, 0.3) is 0 Å². The average Bonchev–Trinajstić information content (AvgIpc) is 2.50. The first-order valence-electron chi connectivity index (χ1n) is 6.49. The second-order valence-corrected chi connectivity index (χ2v) is 8.25. The molecule has 0 spiro atoms. The van der Waals surface area contributed by atoms with E-state index < -0.39 is 27.4 Å². The average molecular weight is 434 g/mol. The fraction of sp³-hybridized carbons (Fsp3) is 0.143. The Morgan fingerprint density at radius 1 is 0.769 bits per heavy atom. The molecule has 3 nitrogen and oxygen atoms in total. The molecule has 0 amide bonds. The Hall–Kier alpha value is -1.37. The van der Waals surface area contributed by atoms with E-state index in [1.54, 1.807) is 6.07 Å². The van der Waals surface area contributed by atoms with Crippen molar-refractivity contribution in [3.63, 3.8) is 0 Å². The quantitative estimate of drug-likeness (QED) is 0.279. The molecule has 1 aliphatic heterocycles. The monoisotopic (exact) mass is 434 g/mol. The van der Waals surface area contributed by atoms with E-state index in [-0.39, 0.29) is 0 Å². The summed E-state index contributed by atoms with van der Waals surface area (Å²) in [7, 11) is -5.84. The molecule has 26 heavy (non-hydrogen) atoms. The van der Waals surface area contributed by atoms with Crippen molar-refractivity contribution in [1.29, 1.82) is 0 Å². The highest BCUT2D eigenvalue weighted by Crippen LogP contribution is 2.52. The maximum Gasteiger partial charge on any atom is 0.522 e. The summed E-state index contributed by atoms with van der Waals surface area (Å²) in [6, 6.07) is 11.8. The lowest BCUT2D eigenvalue weighted by Crippen LogP contribution is -2.21. The van der Waals surface area contributed by atoms with E-state index in [2.05, 4.69) is 0 Å². The Balaban J connectivity index is 0.000000260. The third-order valence-corrected chi connectivity index (χ3v) is 6.06. The maximum atomic E-state index is 12.9. The Morgan fingerprint density at radius 3 is 1.69 bits per heavy atom. The third-order valence-electron chi connectivity index (χ3n) is 2.86. The molecule has 0 saturated heterocycles. The summed E-state index contributed by atoms with van der Waals surface area (Å²) in [5, 5.41) is 0. The molecule has 2 aromatic rings. The minimum Gasteiger partial charge on any atom is -0.279 e. The molecule has 1 N–H and O–H groups in total. The zero-order valence-electron chi connectivity index (χ0n) is 12.3. The van der Waals surface area contributed by atoms with Crippen LogP contribution in [0.15, 0.2) is 62.0 Å². The van der Waals surface area contributed by atoms with Crippen LogP contribution in [0.1, 0.15) is 5.56 Å². The number of fused-ring (bicyclic) bond motifs is 2. The number of benzene rings is 2. The molecule has 12 heteroatoms. The van der Waals surface area contributed by atoms with Crippen molar-refractivity contribution < 1.29 is 39.3 Å². The molecule has 0 aliphatic carbocycles.